The van der Waals surface area contributed by atoms with Crippen LogP contribution in [0.3, 0.4) is 0 Å². The summed E-state index contributed by atoms with van der Waals surface area (Å²) in [6.07, 6.45) is 0. The molecule has 0 spiro atoms. The Bertz CT molecular complexity index is 163. The molecule has 0 heterocycles. The van der Waals surface area contributed by atoms with Crippen LogP contribution in [0.2, 0.25) is 0 Å². The van der Waals surface area contributed by atoms with Crippen molar-refractivity contribution in [3.63, 3.8) is 0 Å². The van der Waals surface area contributed by atoms with Gasteiger partial charge in [-0.2, -0.15) is 0 Å². The molecule has 0 unspecified atom stereocenters. The van der Waals surface area contributed by atoms with Crippen LogP contribution in [0.25, 0.3) is 0 Å². The predicted octanol–water partition coefficient (Wildman–Crippen LogP) is 2.23. The highest BCUT2D eigenvalue weighted by Crippen LogP contribution is 1.98. The second kappa shape index (κ2) is 5.80. The van der Waals surface area contributed by atoms with Crippen molar-refractivity contribution in [1.82, 2.24) is 0 Å². The number of halogens is 2. The Morgan fingerprint density at radius 1 is 0.909 bits per heavy atom. The number of methoxy groups -OCH3 is 1. The van der Waals surface area contributed by atoms with Gasteiger partial charge < -0.3 is 4.74 Å². The van der Waals surface area contributed by atoms with Crippen LogP contribution in [0.1, 0.15) is 0 Å². The molecule has 1 aromatic carbocycles. The second-order valence-corrected chi connectivity index (χ2v) is 1.84. The lowest BCUT2D eigenvalue weighted by Gasteiger charge is -1.83. The highest BCUT2D eigenvalue weighted by molar-refractivity contribution is 5.04. The maximum absolute atomic E-state index is 11.9. The normalized spacial score (nSPS) is 8.36. The molecule has 0 bridgehead atoms. The van der Waals surface area contributed by atoms with E-state index in [1.165, 1.54) is 0 Å². The molecule has 0 aliphatic heterocycles. The number of hydrogen-bond acceptors (Lipinski definition) is 1. The van der Waals surface area contributed by atoms with E-state index in [2.05, 4.69) is 4.74 Å². The summed E-state index contributed by atoms with van der Waals surface area (Å²) in [4.78, 5) is 0. The summed E-state index contributed by atoms with van der Waals surface area (Å²) in [5, 5.41) is 0. The summed E-state index contributed by atoms with van der Waals surface area (Å²) in [5.41, 5.74) is 0. The van der Waals surface area contributed by atoms with Crippen LogP contribution in [0, 0.1) is 11.6 Å². The first kappa shape index (κ1) is 10.0. The third-order valence-electron chi connectivity index (χ3n) is 0.804. The third kappa shape index (κ3) is 5.48. The van der Waals surface area contributed by atoms with Crippen molar-refractivity contribution in [3.05, 3.63) is 35.9 Å². The van der Waals surface area contributed by atoms with Gasteiger partial charge in [0.2, 0.25) is 0 Å². The van der Waals surface area contributed by atoms with Gasteiger partial charge in [0.05, 0.1) is 0 Å². The van der Waals surface area contributed by atoms with Crippen LogP contribution in [0.4, 0.5) is 8.78 Å². The lowest BCUT2D eigenvalue weighted by atomic mass is 10.3. The molecular weight excluding hydrogens is 150 g/mol. The van der Waals surface area contributed by atoms with Crippen LogP contribution >= 0.6 is 0 Å². The van der Waals surface area contributed by atoms with Crippen molar-refractivity contribution in [3.8, 4) is 0 Å². The lowest BCUT2D eigenvalue weighted by Crippen LogP contribution is -1.72. The monoisotopic (exact) mass is 160 g/mol. The molecule has 1 nitrogen and oxygen atoms in total. The summed E-state index contributed by atoms with van der Waals surface area (Å²) in [6.45, 7) is 0. The minimum Gasteiger partial charge on any atom is -0.388 e. The summed E-state index contributed by atoms with van der Waals surface area (Å²) in [7, 11) is 3.25. The van der Waals surface area contributed by atoms with Crippen molar-refractivity contribution in [2.45, 2.75) is 0 Å². The Balaban J connectivity index is 0.000000292. The van der Waals surface area contributed by atoms with Crippen molar-refractivity contribution in [2.75, 3.05) is 14.2 Å². The molecule has 0 aromatic heterocycles. The predicted molar refractivity (Wildman–Crippen MR) is 39.3 cm³/mol. The molecule has 1 aromatic rings. The molecule has 3 heteroatoms. The van der Waals surface area contributed by atoms with Gasteiger partial charge in [0.1, 0.15) is 11.6 Å². The number of ether oxygens (including phenoxy) is 1. The average molecular weight is 160 g/mol. The molecule has 0 amide bonds. The van der Waals surface area contributed by atoms with Gasteiger partial charge in [0.25, 0.3) is 0 Å². The fraction of sp³-hybridized carbons (Fsp3) is 0.250. The highest BCUT2D eigenvalue weighted by atomic mass is 19.1. The molecule has 0 saturated heterocycles. The minimum atomic E-state index is -0.411. The minimum absolute atomic E-state index is 0.411. The number of hydrogen-bond donors (Lipinski definition) is 0. The van der Waals surface area contributed by atoms with Gasteiger partial charge in [-0.25, -0.2) is 8.78 Å². The molecular formula is C8H10F2O. The molecule has 0 fully saturated rings. The van der Waals surface area contributed by atoms with E-state index < -0.39 is 11.6 Å². The van der Waals surface area contributed by atoms with Crippen LogP contribution in [0.15, 0.2) is 24.3 Å². The maximum atomic E-state index is 11.9. The first-order chi connectivity index (χ1) is 5.20. The van der Waals surface area contributed by atoms with Gasteiger partial charge in [0.15, 0.2) is 0 Å². The first-order valence-electron chi connectivity index (χ1n) is 3.02. The van der Waals surface area contributed by atoms with Gasteiger partial charge in [-0.15, -0.1) is 0 Å². The third-order valence-corrected chi connectivity index (χ3v) is 0.804. The molecule has 62 valence electrons. The van der Waals surface area contributed by atoms with Crippen LogP contribution < -0.4 is 0 Å². The fourth-order valence-electron chi connectivity index (χ4n) is 0.430. The van der Waals surface area contributed by atoms with Crippen LogP contribution in [-0.4, -0.2) is 14.2 Å². The Kier molecular flexibility index (Phi) is 5.29. The first-order valence-corrected chi connectivity index (χ1v) is 3.02. The van der Waals surface area contributed by atoms with Crippen molar-refractivity contribution >= 4 is 0 Å². The molecule has 0 radical (unpaired) electrons. The summed E-state index contributed by atoms with van der Waals surface area (Å²) < 4.78 is 28.1. The van der Waals surface area contributed by atoms with E-state index in [-0.39, 0.29) is 0 Å². The topological polar surface area (TPSA) is 9.23 Å². The quantitative estimate of drug-likeness (QED) is 0.565. The summed E-state index contributed by atoms with van der Waals surface area (Å²) in [6, 6.07) is 4.31. The lowest BCUT2D eigenvalue weighted by molar-refractivity contribution is 0.277. The molecule has 0 aliphatic rings. The zero-order valence-corrected chi connectivity index (χ0v) is 6.47. The zero-order valence-electron chi connectivity index (χ0n) is 6.47. The van der Waals surface area contributed by atoms with E-state index in [0.29, 0.717) is 0 Å². The van der Waals surface area contributed by atoms with Gasteiger partial charge in [-0.05, 0) is 24.3 Å². The van der Waals surface area contributed by atoms with E-state index in [1.54, 1.807) is 14.2 Å². The largest absolute Gasteiger partial charge is 0.388 e. The Morgan fingerprint density at radius 3 is 1.27 bits per heavy atom. The molecule has 0 atom stereocenters. The van der Waals surface area contributed by atoms with Crippen molar-refractivity contribution < 1.29 is 13.5 Å². The molecule has 0 N–H and O–H groups in total. The molecule has 0 aliphatic carbocycles. The standard InChI is InChI=1S/C6H4F2.C2H6O/c7-5-1-2-6(8)4-3-5;1-3-2/h1-4H;1-2H3. The Labute approximate surface area is 64.6 Å². The molecule has 0 saturated carbocycles. The fourth-order valence-corrected chi connectivity index (χ4v) is 0.430. The van der Waals surface area contributed by atoms with Crippen LogP contribution in [0.5, 0.6) is 0 Å². The SMILES string of the molecule is COC.Fc1ccc(F)cc1. The van der Waals surface area contributed by atoms with Gasteiger partial charge >= 0.3 is 0 Å². The van der Waals surface area contributed by atoms with Crippen LogP contribution in [-0.2, 0) is 4.74 Å². The maximum Gasteiger partial charge on any atom is 0.123 e. The summed E-state index contributed by atoms with van der Waals surface area (Å²) >= 11 is 0. The van der Waals surface area contributed by atoms with Crippen molar-refractivity contribution in [1.29, 1.82) is 0 Å². The van der Waals surface area contributed by atoms with Gasteiger partial charge in [-0.1, -0.05) is 0 Å². The molecule has 11 heavy (non-hydrogen) atoms. The highest BCUT2D eigenvalue weighted by Gasteiger charge is 1.86. The van der Waals surface area contributed by atoms with E-state index in [4.69, 9.17) is 0 Å². The Morgan fingerprint density at radius 2 is 1.09 bits per heavy atom. The number of benzene rings is 1. The van der Waals surface area contributed by atoms with Gasteiger partial charge in [0, 0.05) is 14.2 Å². The zero-order chi connectivity index (χ0) is 8.69. The van der Waals surface area contributed by atoms with E-state index >= 15 is 0 Å². The molecule has 1 rings (SSSR count). The summed E-state index contributed by atoms with van der Waals surface area (Å²) in [5.74, 6) is -0.821. The van der Waals surface area contributed by atoms with E-state index in [0.717, 1.165) is 24.3 Å². The van der Waals surface area contributed by atoms with E-state index in [9.17, 15) is 8.78 Å². The van der Waals surface area contributed by atoms with Gasteiger partial charge in [-0.3, -0.25) is 0 Å². The number of rotatable bonds is 0. The van der Waals surface area contributed by atoms with E-state index in [1.807, 2.05) is 0 Å². The Hall–Kier alpha value is -0.960. The average Bonchev–Trinajstić information content (AvgIpc) is 1.97. The second-order valence-electron chi connectivity index (χ2n) is 1.84. The van der Waals surface area contributed by atoms with Crippen molar-refractivity contribution in [2.24, 2.45) is 0 Å². The smallest absolute Gasteiger partial charge is 0.123 e.